The van der Waals surface area contributed by atoms with Crippen LogP contribution in [0, 0.1) is 5.92 Å². The van der Waals surface area contributed by atoms with Crippen LogP contribution >= 0.6 is 0 Å². The van der Waals surface area contributed by atoms with E-state index in [1.54, 1.807) is 24.1 Å². The summed E-state index contributed by atoms with van der Waals surface area (Å²) in [6, 6.07) is -0.286. The molecule has 0 aromatic carbocycles. The van der Waals surface area contributed by atoms with Crippen LogP contribution in [0.25, 0.3) is 0 Å². The van der Waals surface area contributed by atoms with Crippen molar-refractivity contribution in [2.45, 2.75) is 31.7 Å². The maximum absolute atomic E-state index is 11.9. The number of aliphatic carboxylic acids is 1. The molecule has 18 heavy (non-hydrogen) atoms. The fraction of sp³-hybridized carbons (Fsp3) is 0.583. The molecule has 6 heteroatoms. The van der Waals surface area contributed by atoms with Crippen LogP contribution in [0.15, 0.2) is 12.5 Å². The Bertz CT molecular complexity index is 455. The first-order valence-electron chi connectivity index (χ1n) is 6.09. The largest absolute Gasteiger partial charge is 0.481 e. The zero-order valence-corrected chi connectivity index (χ0v) is 10.3. The highest BCUT2D eigenvalue weighted by molar-refractivity contribution is 5.92. The molecule has 1 heterocycles. The number of imidazole rings is 1. The van der Waals surface area contributed by atoms with Gasteiger partial charge < -0.3 is 15.0 Å². The van der Waals surface area contributed by atoms with Crippen molar-refractivity contribution in [2.75, 3.05) is 0 Å². The van der Waals surface area contributed by atoms with Gasteiger partial charge in [0.2, 0.25) is 0 Å². The first-order valence-corrected chi connectivity index (χ1v) is 6.09. The Morgan fingerprint density at radius 1 is 1.44 bits per heavy atom. The minimum atomic E-state index is -0.832. The summed E-state index contributed by atoms with van der Waals surface area (Å²) in [5.41, 5.74) is 0.326. The molecule has 0 saturated heterocycles. The zero-order chi connectivity index (χ0) is 13.1. The normalized spacial score (nSPS) is 23.6. The second-order valence-corrected chi connectivity index (χ2v) is 4.73. The summed E-state index contributed by atoms with van der Waals surface area (Å²) in [5, 5.41) is 11.9. The predicted octanol–water partition coefficient (Wildman–Crippen LogP) is 0.793. The Kier molecular flexibility index (Phi) is 3.64. The number of hydrogen-bond acceptors (Lipinski definition) is 3. The molecule has 1 aliphatic rings. The van der Waals surface area contributed by atoms with E-state index in [4.69, 9.17) is 5.11 Å². The molecule has 2 N–H and O–H groups in total. The predicted molar refractivity (Wildman–Crippen MR) is 64.1 cm³/mol. The van der Waals surface area contributed by atoms with Crippen molar-refractivity contribution in [1.82, 2.24) is 14.9 Å². The first-order chi connectivity index (χ1) is 8.58. The third-order valence-electron chi connectivity index (χ3n) is 3.34. The van der Waals surface area contributed by atoms with E-state index in [0.29, 0.717) is 12.1 Å². The summed E-state index contributed by atoms with van der Waals surface area (Å²) >= 11 is 0. The molecule has 1 aromatic rings. The lowest BCUT2D eigenvalue weighted by molar-refractivity contribution is -0.143. The molecule has 1 amide bonds. The quantitative estimate of drug-likeness (QED) is 0.832. The Labute approximate surface area is 105 Å². The van der Waals surface area contributed by atoms with Gasteiger partial charge in [0, 0.05) is 19.3 Å². The summed E-state index contributed by atoms with van der Waals surface area (Å²) in [4.78, 5) is 27.0. The van der Waals surface area contributed by atoms with Crippen LogP contribution in [0.3, 0.4) is 0 Å². The van der Waals surface area contributed by atoms with Gasteiger partial charge >= 0.3 is 5.97 Å². The van der Waals surface area contributed by atoms with Gasteiger partial charge in [0.15, 0.2) is 0 Å². The van der Waals surface area contributed by atoms with E-state index in [2.05, 4.69) is 10.3 Å². The Morgan fingerprint density at radius 2 is 2.17 bits per heavy atom. The highest BCUT2D eigenvalue weighted by Gasteiger charge is 2.32. The van der Waals surface area contributed by atoms with Gasteiger partial charge in [0.25, 0.3) is 5.91 Å². The molecule has 2 unspecified atom stereocenters. The van der Waals surface area contributed by atoms with Gasteiger partial charge in [-0.3, -0.25) is 9.59 Å². The van der Waals surface area contributed by atoms with E-state index >= 15 is 0 Å². The molecule has 0 spiro atoms. The van der Waals surface area contributed by atoms with E-state index in [1.807, 2.05) is 0 Å². The molecular weight excluding hydrogens is 234 g/mol. The highest BCUT2D eigenvalue weighted by Crippen LogP contribution is 2.24. The smallest absolute Gasteiger partial charge is 0.308 e. The van der Waals surface area contributed by atoms with Crippen LogP contribution in [0.1, 0.15) is 36.2 Å². The maximum atomic E-state index is 11.9. The van der Waals surface area contributed by atoms with Crippen molar-refractivity contribution in [2.24, 2.45) is 13.0 Å². The van der Waals surface area contributed by atoms with Gasteiger partial charge in [-0.2, -0.15) is 0 Å². The number of carbonyl (C=O) groups excluding carboxylic acids is 1. The Morgan fingerprint density at radius 3 is 2.78 bits per heavy atom. The average Bonchev–Trinajstić information content (AvgIpc) is 2.76. The number of nitrogens with zero attached hydrogens (tertiary/aromatic N) is 2. The highest BCUT2D eigenvalue weighted by atomic mass is 16.4. The number of aryl methyl sites for hydroxylation is 1. The van der Waals surface area contributed by atoms with E-state index < -0.39 is 11.9 Å². The van der Waals surface area contributed by atoms with E-state index in [1.165, 1.54) is 0 Å². The van der Waals surface area contributed by atoms with Crippen LogP contribution in [0.2, 0.25) is 0 Å². The minimum absolute atomic E-state index is 0.286. The van der Waals surface area contributed by atoms with E-state index in [0.717, 1.165) is 19.3 Å². The second kappa shape index (κ2) is 5.20. The summed E-state index contributed by atoms with van der Waals surface area (Å²) in [6.07, 6.45) is 6.38. The first kappa shape index (κ1) is 12.6. The molecule has 1 fully saturated rings. The molecule has 2 rings (SSSR count). The van der Waals surface area contributed by atoms with Crippen molar-refractivity contribution in [1.29, 1.82) is 0 Å². The topological polar surface area (TPSA) is 84.2 Å². The minimum Gasteiger partial charge on any atom is -0.481 e. The van der Waals surface area contributed by atoms with Crippen molar-refractivity contribution < 1.29 is 14.7 Å². The van der Waals surface area contributed by atoms with Crippen molar-refractivity contribution >= 4 is 11.9 Å². The molecule has 0 radical (unpaired) electrons. The van der Waals surface area contributed by atoms with Gasteiger partial charge in [-0.1, -0.05) is 12.8 Å². The summed E-state index contributed by atoms with van der Waals surface area (Å²) < 4.78 is 1.68. The molecule has 1 aliphatic carbocycles. The number of hydrogen-bond donors (Lipinski definition) is 2. The lowest BCUT2D eigenvalue weighted by atomic mass is 9.84. The van der Waals surface area contributed by atoms with Crippen LogP contribution in [-0.4, -0.2) is 32.6 Å². The standard InChI is InChI=1S/C12H17N3O3/c1-15-6-10(13-7-15)11(16)14-9-5-3-2-4-8(9)12(17)18/h6-9H,2-5H2,1H3,(H,14,16)(H,17,18). The van der Waals surface area contributed by atoms with E-state index in [9.17, 15) is 9.59 Å². The number of rotatable bonds is 3. The number of carboxylic acids is 1. The number of nitrogens with one attached hydrogen (secondary N) is 1. The molecule has 98 valence electrons. The molecule has 0 aliphatic heterocycles. The van der Waals surface area contributed by atoms with Gasteiger partial charge in [-0.15, -0.1) is 0 Å². The third-order valence-corrected chi connectivity index (χ3v) is 3.34. The zero-order valence-electron chi connectivity index (χ0n) is 10.3. The summed E-state index contributed by atoms with van der Waals surface area (Å²) in [7, 11) is 1.78. The fourth-order valence-electron chi connectivity index (χ4n) is 2.37. The van der Waals surface area contributed by atoms with Crippen molar-refractivity contribution in [3.05, 3.63) is 18.2 Å². The average molecular weight is 251 g/mol. The second-order valence-electron chi connectivity index (χ2n) is 4.73. The third kappa shape index (κ3) is 2.69. The monoisotopic (exact) mass is 251 g/mol. The van der Waals surface area contributed by atoms with Crippen molar-refractivity contribution in [3.63, 3.8) is 0 Å². The van der Waals surface area contributed by atoms with Crippen LogP contribution in [-0.2, 0) is 11.8 Å². The van der Waals surface area contributed by atoms with Crippen LogP contribution in [0.5, 0.6) is 0 Å². The number of carbonyl (C=O) groups is 2. The molecular formula is C12H17N3O3. The molecule has 1 aromatic heterocycles. The maximum Gasteiger partial charge on any atom is 0.308 e. The SMILES string of the molecule is Cn1cnc(C(=O)NC2CCCCC2C(=O)O)c1. The summed E-state index contributed by atoms with van der Waals surface area (Å²) in [5.74, 6) is -1.61. The fourth-order valence-corrected chi connectivity index (χ4v) is 2.37. The van der Waals surface area contributed by atoms with Gasteiger partial charge in [0.05, 0.1) is 12.2 Å². The Balaban J connectivity index is 2.03. The Hall–Kier alpha value is -1.85. The number of aromatic nitrogens is 2. The lowest BCUT2D eigenvalue weighted by Crippen LogP contribution is -2.45. The van der Waals surface area contributed by atoms with Crippen LogP contribution in [0.4, 0.5) is 0 Å². The van der Waals surface area contributed by atoms with Gasteiger partial charge in [-0.25, -0.2) is 4.98 Å². The summed E-state index contributed by atoms with van der Waals surface area (Å²) in [6.45, 7) is 0. The van der Waals surface area contributed by atoms with E-state index in [-0.39, 0.29) is 11.9 Å². The number of amides is 1. The van der Waals surface area contributed by atoms with Crippen LogP contribution < -0.4 is 5.32 Å². The number of carboxylic acid groups (broad SMARTS) is 1. The lowest BCUT2D eigenvalue weighted by Gasteiger charge is -2.28. The molecule has 6 nitrogen and oxygen atoms in total. The van der Waals surface area contributed by atoms with Gasteiger partial charge in [0.1, 0.15) is 5.69 Å². The molecule has 0 bridgehead atoms. The van der Waals surface area contributed by atoms with Crippen molar-refractivity contribution in [3.8, 4) is 0 Å². The van der Waals surface area contributed by atoms with Gasteiger partial charge in [-0.05, 0) is 12.8 Å². The molecule has 1 saturated carbocycles. The molecule has 2 atom stereocenters.